The third-order valence-corrected chi connectivity index (χ3v) is 5.78. The number of benzene rings is 2. The van der Waals surface area contributed by atoms with Crippen molar-refractivity contribution in [3.8, 4) is 11.5 Å². The van der Waals surface area contributed by atoms with E-state index in [0.29, 0.717) is 12.0 Å². The largest absolute Gasteiger partial charge is 0.493 e. The molecule has 1 saturated heterocycles. The molecule has 0 spiro atoms. The summed E-state index contributed by atoms with van der Waals surface area (Å²) in [6, 6.07) is 15.5. The van der Waals surface area contributed by atoms with Gasteiger partial charge in [-0.15, -0.1) is 0 Å². The number of nitrogens with two attached hydrogens (primary N) is 1. The number of methoxy groups -OCH3 is 2. The maximum absolute atomic E-state index is 6.62. The lowest BCUT2D eigenvalue weighted by Crippen LogP contribution is -2.49. The molecule has 0 bridgehead atoms. The lowest BCUT2D eigenvalue weighted by Gasteiger charge is -2.46. The maximum Gasteiger partial charge on any atom is 0.161 e. The average molecular weight is 338 g/mol. The first kappa shape index (κ1) is 16.4. The highest BCUT2D eigenvalue weighted by atomic mass is 16.5. The molecule has 4 rings (SSSR count). The molecule has 4 nitrogen and oxygen atoms in total. The fourth-order valence-corrected chi connectivity index (χ4v) is 4.44. The molecule has 0 amide bonds. The van der Waals surface area contributed by atoms with Crippen molar-refractivity contribution in [2.45, 2.75) is 30.8 Å². The van der Waals surface area contributed by atoms with Gasteiger partial charge < -0.3 is 15.2 Å². The van der Waals surface area contributed by atoms with Crippen LogP contribution in [0.15, 0.2) is 42.5 Å². The fraction of sp³-hybridized carbons (Fsp3) is 0.429. The Balaban J connectivity index is 1.65. The molecule has 132 valence electrons. The molecule has 2 aliphatic heterocycles. The summed E-state index contributed by atoms with van der Waals surface area (Å²) in [5, 5.41) is 0. The number of rotatable bonds is 3. The van der Waals surface area contributed by atoms with Crippen molar-refractivity contribution in [1.29, 1.82) is 0 Å². The second kappa shape index (κ2) is 6.70. The van der Waals surface area contributed by atoms with Gasteiger partial charge in [0.1, 0.15) is 0 Å². The van der Waals surface area contributed by atoms with Crippen LogP contribution in [-0.2, 0) is 6.42 Å². The van der Waals surface area contributed by atoms with E-state index in [2.05, 4.69) is 47.4 Å². The zero-order valence-electron chi connectivity index (χ0n) is 14.9. The van der Waals surface area contributed by atoms with Gasteiger partial charge in [0, 0.05) is 31.1 Å². The van der Waals surface area contributed by atoms with Crippen molar-refractivity contribution < 1.29 is 9.47 Å². The van der Waals surface area contributed by atoms with Crippen LogP contribution in [0.2, 0.25) is 0 Å². The molecular weight excluding hydrogens is 312 g/mol. The van der Waals surface area contributed by atoms with Gasteiger partial charge in [0.15, 0.2) is 11.5 Å². The minimum absolute atomic E-state index is 0.169. The average Bonchev–Trinajstić information content (AvgIpc) is 2.67. The zero-order valence-corrected chi connectivity index (χ0v) is 14.9. The van der Waals surface area contributed by atoms with Crippen molar-refractivity contribution in [1.82, 2.24) is 4.90 Å². The first-order chi connectivity index (χ1) is 12.2. The van der Waals surface area contributed by atoms with E-state index in [1.807, 2.05) is 0 Å². The van der Waals surface area contributed by atoms with Crippen LogP contribution in [0.1, 0.15) is 35.1 Å². The van der Waals surface area contributed by atoms with E-state index in [4.69, 9.17) is 15.2 Å². The van der Waals surface area contributed by atoms with Gasteiger partial charge in [-0.1, -0.05) is 30.3 Å². The van der Waals surface area contributed by atoms with Crippen molar-refractivity contribution in [2.75, 3.05) is 27.3 Å². The highest BCUT2D eigenvalue weighted by molar-refractivity contribution is 5.49. The molecule has 2 heterocycles. The molecule has 2 N–H and O–H groups in total. The van der Waals surface area contributed by atoms with E-state index in [0.717, 1.165) is 37.4 Å². The molecule has 0 aromatic heterocycles. The first-order valence-electron chi connectivity index (χ1n) is 9.00. The third kappa shape index (κ3) is 2.90. The zero-order chi connectivity index (χ0) is 17.4. The van der Waals surface area contributed by atoms with E-state index in [9.17, 15) is 0 Å². The highest BCUT2D eigenvalue weighted by Gasteiger charge is 2.38. The molecule has 0 saturated carbocycles. The summed E-state index contributed by atoms with van der Waals surface area (Å²) in [6.07, 6.45) is 2.02. The maximum atomic E-state index is 6.62. The predicted molar refractivity (Wildman–Crippen MR) is 99.3 cm³/mol. The van der Waals surface area contributed by atoms with Crippen LogP contribution in [0.3, 0.4) is 0 Å². The predicted octanol–water partition coefficient (Wildman–Crippen LogP) is 3.12. The van der Waals surface area contributed by atoms with Crippen LogP contribution in [0.25, 0.3) is 0 Å². The van der Waals surface area contributed by atoms with Crippen LogP contribution < -0.4 is 15.2 Å². The van der Waals surface area contributed by atoms with Gasteiger partial charge in [-0.25, -0.2) is 0 Å². The molecule has 1 fully saturated rings. The Hall–Kier alpha value is -2.04. The number of ether oxygens (including phenoxy) is 2. The number of hydrogen-bond acceptors (Lipinski definition) is 4. The Morgan fingerprint density at radius 3 is 2.48 bits per heavy atom. The molecule has 25 heavy (non-hydrogen) atoms. The van der Waals surface area contributed by atoms with Gasteiger partial charge in [-0.2, -0.15) is 0 Å². The second-order valence-corrected chi connectivity index (χ2v) is 7.08. The summed E-state index contributed by atoms with van der Waals surface area (Å²) in [7, 11) is 3.39. The smallest absolute Gasteiger partial charge is 0.161 e. The highest BCUT2D eigenvalue weighted by Crippen LogP contribution is 2.44. The van der Waals surface area contributed by atoms with Gasteiger partial charge in [0.25, 0.3) is 0 Å². The standard InChI is InChI=1S/C21H26N2O2/c1-24-20-10-15-8-9-23-13-17(14-6-4-3-5-7-14)18(22)12-19(23)16(15)11-21(20)25-2/h3-7,10-11,17-19H,8-9,12-13,22H2,1-2H3/t17-,18?,19+/m1/s1. The van der Waals surface area contributed by atoms with E-state index in [1.165, 1.54) is 16.7 Å². The Morgan fingerprint density at radius 2 is 1.76 bits per heavy atom. The minimum Gasteiger partial charge on any atom is -0.493 e. The van der Waals surface area contributed by atoms with Crippen LogP contribution >= 0.6 is 0 Å². The molecule has 0 radical (unpaired) electrons. The van der Waals surface area contributed by atoms with Crippen molar-refractivity contribution in [3.05, 3.63) is 59.2 Å². The molecule has 4 heteroatoms. The van der Waals surface area contributed by atoms with E-state index < -0.39 is 0 Å². The van der Waals surface area contributed by atoms with E-state index in [1.54, 1.807) is 14.2 Å². The first-order valence-corrected chi connectivity index (χ1v) is 9.00. The van der Waals surface area contributed by atoms with Crippen molar-refractivity contribution in [2.24, 2.45) is 5.73 Å². The van der Waals surface area contributed by atoms with Gasteiger partial charge in [0.2, 0.25) is 0 Å². The number of hydrogen-bond donors (Lipinski definition) is 1. The normalized spacial score (nSPS) is 25.8. The van der Waals surface area contributed by atoms with Gasteiger partial charge in [-0.05, 0) is 41.7 Å². The summed E-state index contributed by atoms with van der Waals surface area (Å²) in [5.41, 5.74) is 10.7. The molecule has 2 aromatic rings. The quantitative estimate of drug-likeness (QED) is 0.934. The summed E-state index contributed by atoms with van der Waals surface area (Å²) in [5.74, 6) is 2.03. The van der Waals surface area contributed by atoms with Crippen LogP contribution in [0.4, 0.5) is 0 Å². The third-order valence-electron chi connectivity index (χ3n) is 5.78. The van der Waals surface area contributed by atoms with Gasteiger partial charge >= 0.3 is 0 Å². The SMILES string of the molecule is COc1cc2c(cc1OC)[C@@H]1CC(N)[C@@H](c3ccccc3)CN1CC2. The molecular formula is C21H26N2O2. The molecule has 0 aliphatic carbocycles. The molecule has 1 unspecified atom stereocenters. The van der Waals surface area contributed by atoms with E-state index >= 15 is 0 Å². The van der Waals surface area contributed by atoms with Crippen LogP contribution in [-0.4, -0.2) is 38.3 Å². The molecule has 3 atom stereocenters. The summed E-state index contributed by atoms with van der Waals surface area (Å²) in [6.45, 7) is 2.09. The lowest BCUT2D eigenvalue weighted by molar-refractivity contribution is 0.109. The minimum atomic E-state index is 0.169. The summed E-state index contributed by atoms with van der Waals surface area (Å²) < 4.78 is 11.0. The number of piperidine rings is 1. The Morgan fingerprint density at radius 1 is 1.04 bits per heavy atom. The number of nitrogens with zero attached hydrogens (tertiary/aromatic N) is 1. The summed E-state index contributed by atoms with van der Waals surface area (Å²) >= 11 is 0. The van der Waals surface area contributed by atoms with E-state index in [-0.39, 0.29) is 6.04 Å². The Labute approximate surface area is 149 Å². The Bertz CT molecular complexity index is 747. The summed E-state index contributed by atoms with van der Waals surface area (Å²) in [4.78, 5) is 2.59. The van der Waals surface area contributed by atoms with Crippen LogP contribution in [0.5, 0.6) is 11.5 Å². The topological polar surface area (TPSA) is 47.7 Å². The van der Waals surface area contributed by atoms with Crippen LogP contribution in [0, 0.1) is 0 Å². The second-order valence-electron chi connectivity index (χ2n) is 7.08. The monoisotopic (exact) mass is 338 g/mol. The molecule has 2 aromatic carbocycles. The Kier molecular flexibility index (Phi) is 4.40. The van der Waals surface area contributed by atoms with Gasteiger partial charge in [0.05, 0.1) is 14.2 Å². The molecule has 2 aliphatic rings. The lowest BCUT2D eigenvalue weighted by atomic mass is 9.78. The number of fused-ring (bicyclic) bond motifs is 3. The fourth-order valence-electron chi connectivity index (χ4n) is 4.44. The van der Waals surface area contributed by atoms with Crippen molar-refractivity contribution in [3.63, 3.8) is 0 Å². The van der Waals surface area contributed by atoms with Gasteiger partial charge in [-0.3, -0.25) is 4.90 Å². The van der Waals surface area contributed by atoms with Crippen molar-refractivity contribution >= 4 is 0 Å².